The van der Waals surface area contributed by atoms with Crippen LogP contribution in [0.1, 0.15) is 33.0 Å². The van der Waals surface area contributed by atoms with E-state index in [0.29, 0.717) is 40.0 Å². The Labute approximate surface area is 210 Å². The number of hydrogen-bond donors (Lipinski definition) is 4. The molecule has 0 unspecified atom stereocenters. The maximum Gasteiger partial charge on any atom is 0.271 e. The Hall–Kier alpha value is -4.10. The lowest BCUT2D eigenvalue weighted by atomic mass is 10.1. The lowest BCUT2D eigenvalue weighted by Gasteiger charge is -2.16. The van der Waals surface area contributed by atoms with Gasteiger partial charge in [-0.1, -0.05) is 6.07 Å². The summed E-state index contributed by atoms with van der Waals surface area (Å²) in [4.78, 5) is 41.3. The molecule has 36 heavy (non-hydrogen) atoms. The van der Waals surface area contributed by atoms with Crippen molar-refractivity contribution in [2.75, 3.05) is 38.0 Å². The summed E-state index contributed by atoms with van der Waals surface area (Å²) in [5.41, 5.74) is 6.76. The van der Waals surface area contributed by atoms with Gasteiger partial charge < -0.3 is 31.2 Å². The zero-order valence-corrected chi connectivity index (χ0v) is 20.5. The van der Waals surface area contributed by atoms with Crippen molar-refractivity contribution in [2.24, 2.45) is 11.7 Å². The van der Waals surface area contributed by atoms with E-state index in [9.17, 15) is 14.4 Å². The van der Waals surface area contributed by atoms with Gasteiger partial charge in [-0.15, -0.1) is 21.5 Å². The number of nitrogens with one attached hydrogen (secondary N) is 3. The number of anilines is 3. The quantitative estimate of drug-likeness (QED) is 0.282. The van der Waals surface area contributed by atoms with Gasteiger partial charge in [-0.2, -0.15) is 0 Å². The molecule has 1 saturated carbocycles. The molecule has 0 atom stereocenters. The van der Waals surface area contributed by atoms with Crippen LogP contribution in [0.5, 0.6) is 5.75 Å². The van der Waals surface area contributed by atoms with Gasteiger partial charge in [0, 0.05) is 25.6 Å². The summed E-state index contributed by atoms with van der Waals surface area (Å²) in [6.07, 6.45) is 3.16. The number of methoxy groups -OCH3 is 2. The number of benzene rings is 1. The Morgan fingerprint density at radius 3 is 2.67 bits per heavy atom. The van der Waals surface area contributed by atoms with E-state index >= 15 is 0 Å². The number of amides is 3. The van der Waals surface area contributed by atoms with Gasteiger partial charge in [0.2, 0.25) is 5.91 Å². The molecule has 5 N–H and O–H groups in total. The van der Waals surface area contributed by atoms with Crippen molar-refractivity contribution in [2.45, 2.75) is 12.8 Å². The van der Waals surface area contributed by atoms with Gasteiger partial charge in [0.05, 0.1) is 36.9 Å². The molecule has 0 bridgehead atoms. The number of rotatable bonds is 11. The minimum Gasteiger partial charge on any atom is -0.494 e. The molecule has 1 aliphatic rings. The largest absolute Gasteiger partial charge is 0.494 e. The molecule has 1 aliphatic carbocycles. The van der Waals surface area contributed by atoms with E-state index in [1.165, 1.54) is 30.7 Å². The number of hydrogen-bond acceptors (Lipinski definition) is 10. The molecule has 2 aromatic heterocycles. The molecule has 4 rings (SSSR count). The fourth-order valence-corrected chi connectivity index (χ4v) is 4.18. The van der Waals surface area contributed by atoms with E-state index in [-0.39, 0.29) is 34.9 Å². The number of carbonyl (C=O) groups is 3. The Morgan fingerprint density at radius 2 is 1.97 bits per heavy atom. The summed E-state index contributed by atoms with van der Waals surface area (Å²) in [6.45, 7) is 0.790. The molecular weight excluding hydrogens is 486 g/mol. The summed E-state index contributed by atoms with van der Waals surface area (Å²) in [7, 11) is 3.06. The second-order valence-electron chi connectivity index (χ2n) is 7.91. The van der Waals surface area contributed by atoms with Crippen LogP contribution < -0.4 is 26.4 Å². The number of para-hydroxylation sites is 1. The molecule has 0 radical (unpaired) electrons. The highest BCUT2D eigenvalue weighted by Crippen LogP contribution is 2.40. The summed E-state index contributed by atoms with van der Waals surface area (Å²) in [6, 6.07) is 6.80. The van der Waals surface area contributed by atoms with E-state index in [0.717, 1.165) is 12.8 Å². The second-order valence-corrected chi connectivity index (χ2v) is 8.94. The maximum absolute atomic E-state index is 12.4. The van der Waals surface area contributed by atoms with Crippen LogP contribution in [0, 0.1) is 5.92 Å². The van der Waals surface area contributed by atoms with E-state index in [2.05, 4.69) is 31.1 Å². The number of thiazole rings is 1. The van der Waals surface area contributed by atoms with Gasteiger partial charge in [-0.25, -0.2) is 4.98 Å². The average Bonchev–Trinajstić information content (AvgIpc) is 3.60. The standard InChI is InChI=1S/C23H25N7O5S/c1-34-9-8-25-22(33)16-11-26-23(36-16)13-4-3-5-14(19(13)35-2)27-15-10-17(28-21(32)12-6-7-12)29-30-18(15)20(24)31/h3-5,10-12H,6-9H2,1-2H3,(H2,24,31)(H,25,33)(H2,27,28,29,32). The zero-order valence-electron chi connectivity index (χ0n) is 19.7. The Kier molecular flexibility index (Phi) is 7.71. The van der Waals surface area contributed by atoms with Gasteiger partial charge in [-0.3, -0.25) is 14.4 Å². The highest BCUT2D eigenvalue weighted by atomic mass is 32.1. The van der Waals surface area contributed by atoms with Crippen LogP contribution in [0.2, 0.25) is 0 Å². The van der Waals surface area contributed by atoms with Crippen LogP contribution in [-0.2, 0) is 9.53 Å². The monoisotopic (exact) mass is 511 g/mol. The third-order valence-electron chi connectivity index (χ3n) is 5.27. The number of aromatic nitrogens is 3. The van der Waals surface area contributed by atoms with Crippen molar-refractivity contribution < 1.29 is 23.9 Å². The topological polar surface area (TPSA) is 170 Å². The Morgan fingerprint density at radius 1 is 1.17 bits per heavy atom. The first-order chi connectivity index (χ1) is 17.4. The highest BCUT2D eigenvalue weighted by molar-refractivity contribution is 7.17. The number of ether oxygens (including phenoxy) is 2. The smallest absolute Gasteiger partial charge is 0.271 e. The number of nitrogens with two attached hydrogens (primary N) is 1. The van der Waals surface area contributed by atoms with Crippen LogP contribution in [0.15, 0.2) is 30.5 Å². The summed E-state index contributed by atoms with van der Waals surface area (Å²) >= 11 is 1.21. The SMILES string of the molecule is COCCNC(=O)c1cnc(-c2cccc(Nc3cc(NC(=O)C4CC4)nnc3C(N)=O)c2OC)s1. The van der Waals surface area contributed by atoms with Gasteiger partial charge in [0.1, 0.15) is 9.88 Å². The van der Waals surface area contributed by atoms with E-state index < -0.39 is 5.91 Å². The van der Waals surface area contributed by atoms with Gasteiger partial charge in [-0.05, 0) is 25.0 Å². The number of nitrogens with zero attached hydrogens (tertiary/aromatic N) is 3. The molecule has 1 aromatic carbocycles. The molecule has 188 valence electrons. The number of primary amides is 1. The summed E-state index contributed by atoms with van der Waals surface area (Å²) in [5, 5.41) is 16.9. The molecule has 2 heterocycles. The predicted molar refractivity (Wildman–Crippen MR) is 133 cm³/mol. The third-order valence-corrected chi connectivity index (χ3v) is 6.30. The van der Waals surface area contributed by atoms with Crippen molar-refractivity contribution in [1.29, 1.82) is 0 Å². The molecule has 13 heteroatoms. The highest BCUT2D eigenvalue weighted by Gasteiger charge is 2.30. The van der Waals surface area contributed by atoms with Crippen molar-refractivity contribution >= 4 is 46.3 Å². The first-order valence-corrected chi connectivity index (χ1v) is 11.9. The van der Waals surface area contributed by atoms with Crippen LogP contribution in [-0.4, -0.2) is 60.3 Å². The molecule has 3 aromatic rings. The van der Waals surface area contributed by atoms with Gasteiger partial charge in [0.25, 0.3) is 11.8 Å². The number of carbonyl (C=O) groups excluding carboxylic acids is 3. The van der Waals surface area contributed by atoms with Gasteiger partial charge >= 0.3 is 0 Å². The molecule has 3 amide bonds. The lowest BCUT2D eigenvalue weighted by Crippen LogP contribution is -2.26. The zero-order chi connectivity index (χ0) is 25.7. The fourth-order valence-electron chi connectivity index (χ4n) is 3.33. The van der Waals surface area contributed by atoms with Crippen molar-refractivity contribution in [3.8, 4) is 16.3 Å². The maximum atomic E-state index is 12.4. The lowest BCUT2D eigenvalue weighted by molar-refractivity contribution is -0.117. The molecule has 0 saturated heterocycles. The minimum atomic E-state index is -0.788. The molecule has 0 spiro atoms. The fraction of sp³-hybridized carbons (Fsp3) is 0.304. The van der Waals surface area contributed by atoms with Crippen molar-refractivity contribution in [1.82, 2.24) is 20.5 Å². The molecule has 0 aliphatic heterocycles. The third kappa shape index (κ3) is 5.75. The Balaban J connectivity index is 1.61. The second kappa shape index (κ2) is 11.1. The molecular formula is C23H25N7O5S. The summed E-state index contributed by atoms with van der Waals surface area (Å²) in [5.74, 6) is -0.593. The van der Waals surface area contributed by atoms with Crippen molar-refractivity contribution in [3.63, 3.8) is 0 Å². The van der Waals surface area contributed by atoms with Crippen LogP contribution in [0.4, 0.5) is 17.2 Å². The van der Waals surface area contributed by atoms with E-state index in [1.54, 1.807) is 25.3 Å². The normalized spacial score (nSPS) is 12.6. The molecule has 1 fully saturated rings. The first-order valence-electron chi connectivity index (χ1n) is 11.1. The van der Waals surface area contributed by atoms with Crippen molar-refractivity contribution in [3.05, 3.63) is 41.0 Å². The van der Waals surface area contributed by atoms with Crippen LogP contribution in [0.25, 0.3) is 10.6 Å². The predicted octanol–water partition coefficient (Wildman–Crippen LogP) is 2.18. The van der Waals surface area contributed by atoms with E-state index in [1.807, 2.05) is 0 Å². The first kappa shape index (κ1) is 25.0. The van der Waals surface area contributed by atoms with Crippen LogP contribution in [0.3, 0.4) is 0 Å². The summed E-state index contributed by atoms with van der Waals surface area (Å²) < 4.78 is 10.6. The van der Waals surface area contributed by atoms with Gasteiger partial charge in [0.15, 0.2) is 17.3 Å². The average molecular weight is 512 g/mol. The minimum absolute atomic E-state index is 0.0268. The Bertz CT molecular complexity index is 1290. The molecule has 12 nitrogen and oxygen atoms in total. The van der Waals surface area contributed by atoms with Crippen LogP contribution >= 0.6 is 11.3 Å². The van der Waals surface area contributed by atoms with E-state index in [4.69, 9.17) is 15.2 Å².